The Balaban J connectivity index is 3.35. The molecule has 0 N–H and O–H groups in total. The van der Waals surface area contributed by atoms with Gasteiger partial charge in [-0.15, -0.1) is 0 Å². The van der Waals surface area contributed by atoms with Crippen molar-refractivity contribution in [3.05, 3.63) is 51.4 Å². The van der Waals surface area contributed by atoms with E-state index in [1.807, 2.05) is 0 Å². The lowest BCUT2D eigenvalue weighted by Gasteiger charge is -2.29. The summed E-state index contributed by atoms with van der Waals surface area (Å²) in [5.41, 5.74) is -1.64. The van der Waals surface area contributed by atoms with E-state index in [0.717, 1.165) is 6.07 Å². The largest absolute Gasteiger partial charge is 0.416 e. The lowest BCUT2D eigenvalue weighted by atomic mass is 9.75. The quantitative estimate of drug-likeness (QED) is 0.618. The smallest absolute Gasteiger partial charge is 0.265 e. The monoisotopic (exact) mass is 274 g/mol. The van der Waals surface area contributed by atoms with Crippen LogP contribution in [0.4, 0.5) is 13.2 Å². The molecule has 105 valence electrons. The first-order valence-electron chi connectivity index (χ1n) is 5.68. The first kappa shape index (κ1) is 15.5. The van der Waals surface area contributed by atoms with Gasteiger partial charge in [0.15, 0.2) is 0 Å². The van der Waals surface area contributed by atoms with Crippen LogP contribution in [0.2, 0.25) is 0 Å². The molecule has 0 bridgehead atoms. The Labute approximate surface area is 109 Å². The number of nitrogens with zero attached hydrogens (tertiary/aromatic N) is 1. The lowest BCUT2D eigenvalue weighted by Crippen LogP contribution is -2.28. The Bertz CT molecular complexity index is 464. The molecule has 0 aliphatic carbocycles. The highest BCUT2D eigenvalue weighted by atomic mass is 19.4. The van der Waals surface area contributed by atoms with Crippen molar-refractivity contribution >= 4 is 0 Å². The predicted octanol–water partition coefficient (Wildman–Crippen LogP) is 3.95. The third-order valence-electron chi connectivity index (χ3n) is 2.75. The van der Waals surface area contributed by atoms with E-state index in [1.54, 1.807) is 20.8 Å². The van der Waals surface area contributed by atoms with Crippen molar-refractivity contribution < 1.29 is 18.1 Å². The second-order valence-corrected chi connectivity index (χ2v) is 5.26. The standard InChI is InChI=1S/C13H15F3NO2/c1-12(2,3)11(8-17(18)19)9-6-4-5-7-10(9)13(14,15)16/h4-7H,8H2,1-3H3. The second kappa shape index (κ2) is 5.19. The Hall–Kier alpha value is -1.59. The van der Waals surface area contributed by atoms with Crippen LogP contribution >= 0.6 is 0 Å². The maximum absolute atomic E-state index is 13.0. The van der Waals surface area contributed by atoms with Crippen LogP contribution in [0, 0.1) is 21.4 Å². The van der Waals surface area contributed by atoms with E-state index >= 15 is 0 Å². The number of alkyl halides is 3. The van der Waals surface area contributed by atoms with Crippen molar-refractivity contribution in [2.75, 3.05) is 6.54 Å². The summed E-state index contributed by atoms with van der Waals surface area (Å²) in [6.07, 6.45) is -4.52. The summed E-state index contributed by atoms with van der Waals surface area (Å²) in [5.74, 6) is 0.172. The van der Waals surface area contributed by atoms with Crippen LogP contribution in [0.1, 0.15) is 31.9 Å². The van der Waals surface area contributed by atoms with Gasteiger partial charge in [0.05, 0.1) is 11.5 Å². The highest BCUT2D eigenvalue weighted by Gasteiger charge is 2.40. The first-order chi connectivity index (χ1) is 8.53. The van der Waals surface area contributed by atoms with Gasteiger partial charge in [0, 0.05) is 4.92 Å². The first-order valence-corrected chi connectivity index (χ1v) is 5.68. The van der Waals surface area contributed by atoms with Crippen LogP contribution in [0.5, 0.6) is 0 Å². The summed E-state index contributed by atoms with van der Waals surface area (Å²) in [6.45, 7) is 4.40. The van der Waals surface area contributed by atoms with Gasteiger partial charge in [-0.1, -0.05) is 39.0 Å². The van der Waals surface area contributed by atoms with Crippen molar-refractivity contribution in [3.63, 3.8) is 0 Å². The zero-order valence-corrected chi connectivity index (χ0v) is 10.9. The number of hydrogen-bond donors (Lipinski definition) is 0. The van der Waals surface area contributed by atoms with Crippen molar-refractivity contribution in [2.45, 2.75) is 26.9 Å². The summed E-state index contributed by atoms with van der Waals surface area (Å²) in [7, 11) is 0. The van der Waals surface area contributed by atoms with Crippen molar-refractivity contribution in [2.24, 2.45) is 5.41 Å². The Morgan fingerprint density at radius 1 is 1.21 bits per heavy atom. The lowest BCUT2D eigenvalue weighted by molar-refractivity contribution is -0.476. The molecule has 0 aliphatic heterocycles. The highest BCUT2D eigenvalue weighted by Crippen LogP contribution is 2.41. The second-order valence-electron chi connectivity index (χ2n) is 5.26. The zero-order valence-electron chi connectivity index (χ0n) is 10.9. The van der Waals surface area contributed by atoms with Gasteiger partial charge >= 0.3 is 6.18 Å². The van der Waals surface area contributed by atoms with Crippen molar-refractivity contribution in [1.29, 1.82) is 0 Å². The molecule has 1 aromatic rings. The number of nitro groups is 1. The maximum Gasteiger partial charge on any atom is 0.416 e. The van der Waals surface area contributed by atoms with E-state index in [0.29, 0.717) is 0 Å². The Morgan fingerprint density at radius 2 is 1.74 bits per heavy atom. The molecule has 0 fully saturated rings. The zero-order chi connectivity index (χ0) is 14.8. The molecule has 0 saturated carbocycles. The van der Waals surface area contributed by atoms with Crippen LogP contribution in [0.25, 0.3) is 0 Å². The van der Waals surface area contributed by atoms with Crippen molar-refractivity contribution in [1.82, 2.24) is 0 Å². The molecule has 3 nitrogen and oxygen atoms in total. The number of benzene rings is 1. The summed E-state index contributed by atoms with van der Waals surface area (Å²) >= 11 is 0. The van der Waals surface area contributed by atoms with E-state index < -0.39 is 28.6 Å². The average molecular weight is 274 g/mol. The van der Waals surface area contributed by atoms with Gasteiger partial charge < -0.3 is 0 Å². The number of halogens is 3. The molecule has 0 saturated heterocycles. The van der Waals surface area contributed by atoms with Crippen LogP contribution in [-0.4, -0.2) is 11.5 Å². The molecule has 0 spiro atoms. The molecule has 0 atom stereocenters. The molecule has 0 amide bonds. The molecule has 6 heteroatoms. The summed E-state index contributed by atoms with van der Waals surface area (Å²) in [6, 6.07) is 4.96. The van der Waals surface area contributed by atoms with Gasteiger partial charge in [0.25, 0.3) is 0 Å². The molecular weight excluding hydrogens is 259 g/mol. The van der Waals surface area contributed by atoms with E-state index in [2.05, 4.69) is 0 Å². The third kappa shape index (κ3) is 3.94. The topological polar surface area (TPSA) is 43.1 Å². The SMILES string of the molecule is CC(C)(C)[C](C[N+](=O)[O-])c1ccccc1C(F)(F)F. The van der Waals surface area contributed by atoms with E-state index in [4.69, 9.17) is 0 Å². The average Bonchev–Trinajstić information content (AvgIpc) is 2.23. The van der Waals surface area contributed by atoms with Gasteiger partial charge in [-0.05, 0) is 17.0 Å². The van der Waals surface area contributed by atoms with E-state index in [9.17, 15) is 23.3 Å². The number of hydrogen-bond acceptors (Lipinski definition) is 2. The Morgan fingerprint density at radius 3 is 2.16 bits per heavy atom. The van der Waals surface area contributed by atoms with E-state index in [1.165, 1.54) is 18.2 Å². The molecule has 19 heavy (non-hydrogen) atoms. The van der Waals surface area contributed by atoms with Crippen LogP contribution in [-0.2, 0) is 6.18 Å². The molecule has 0 aliphatic rings. The summed E-state index contributed by atoms with van der Waals surface area (Å²) in [4.78, 5) is 10.1. The third-order valence-corrected chi connectivity index (χ3v) is 2.75. The van der Waals surface area contributed by atoms with Crippen LogP contribution < -0.4 is 0 Å². The van der Waals surface area contributed by atoms with Gasteiger partial charge in [-0.2, -0.15) is 13.2 Å². The maximum atomic E-state index is 13.0. The minimum absolute atomic E-state index is 0.0980. The normalized spacial score (nSPS) is 12.8. The van der Waals surface area contributed by atoms with Crippen LogP contribution in [0.3, 0.4) is 0 Å². The molecule has 1 aromatic carbocycles. The minimum atomic E-state index is -4.52. The van der Waals surface area contributed by atoms with E-state index in [-0.39, 0.29) is 11.5 Å². The molecule has 1 rings (SSSR count). The fraction of sp³-hybridized carbons (Fsp3) is 0.462. The highest BCUT2D eigenvalue weighted by molar-refractivity contribution is 5.42. The summed E-state index contributed by atoms with van der Waals surface area (Å²) in [5, 5.41) is 10.7. The van der Waals surface area contributed by atoms with Crippen molar-refractivity contribution in [3.8, 4) is 0 Å². The van der Waals surface area contributed by atoms with Gasteiger partial charge in [0.2, 0.25) is 6.54 Å². The molecule has 0 heterocycles. The van der Waals surface area contributed by atoms with Crippen LogP contribution in [0.15, 0.2) is 24.3 Å². The predicted molar refractivity (Wildman–Crippen MR) is 65.1 cm³/mol. The number of rotatable bonds is 3. The fourth-order valence-corrected chi connectivity index (χ4v) is 1.85. The minimum Gasteiger partial charge on any atom is -0.265 e. The molecule has 0 unspecified atom stereocenters. The van der Waals surface area contributed by atoms with Gasteiger partial charge in [-0.3, -0.25) is 10.1 Å². The molecule has 1 radical (unpaired) electrons. The molecule has 0 aromatic heterocycles. The Kier molecular flexibility index (Phi) is 4.22. The molecular formula is C13H15F3NO2. The fourth-order valence-electron chi connectivity index (χ4n) is 1.85. The summed E-state index contributed by atoms with van der Waals surface area (Å²) < 4.78 is 38.9. The van der Waals surface area contributed by atoms with Gasteiger partial charge in [-0.25, -0.2) is 0 Å². The van der Waals surface area contributed by atoms with Gasteiger partial charge in [0.1, 0.15) is 0 Å².